The van der Waals surface area contributed by atoms with Crippen LogP contribution in [0.25, 0.3) is 0 Å². The molecule has 0 fully saturated rings. The van der Waals surface area contributed by atoms with Crippen LogP contribution in [0.4, 0.5) is 5.69 Å². The summed E-state index contributed by atoms with van der Waals surface area (Å²) >= 11 is 0. The topological polar surface area (TPSA) is 24.5 Å². The molecule has 0 atom stereocenters. The van der Waals surface area contributed by atoms with Crippen molar-refractivity contribution in [2.45, 2.75) is 40.2 Å². The zero-order valence-electron chi connectivity index (χ0n) is 14.1. The highest BCUT2D eigenvalue weighted by Crippen LogP contribution is 2.23. The standard InChI is InChI=1S/C17H30N2O/c1-16(2,3)18-12-17(4,5)13-19(6)14-8-10-15(20-7)11-9-14/h8-11,18H,12-13H2,1-7H3. The van der Waals surface area contributed by atoms with Crippen molar-refractivity contribution in [1.29, 1.82) is 0 Å². The largest absolute Gasteiger partial charge is 0.497 e. The van der Waals surface area contributed by atoms with E-state index in [1.807, 2.05) is 12.1 Å². The lowest BCUT2D eigenvalue weighted by Gasteiger charge is -2.34. The zero-order valence-corrected chi connectivity index (χ0v) is 14.1. The van der Waals surface area contributed by atoms with E-state index in [4.69, 9.17) is 4.74 Å². The van der Waals surface area contributed by atoms with Crippen LogP contribution < -0.4 is 15.0 Å². The van der Waals surface area contributed by atoms with Gasteiger partial charge in [0.2, 0.25) is 0 Å². The molecule has 0 bridgehead atoms. The fourth-order valence-electron chi connectivity index (χ4n) is 2.13. The molecular formula is C17H30N2O. The first-order chi connectivity index (χ1) is 9.13. The van der Waals surface area contributed by atoms with Gasteiger partial charge in [-0.15, -0.1) is 0 Å². The third-order valence-electron chi connectivity index (χ3n) is 3.28. The normalized spacial score (nSPS) is 12.3. The Balaban J connectivity index is 2.60. The Hall–Kier alpha value is -1.22. The van der Waals surface area contributed by atoms with Crippen LogP contribution in [-0.2, 0) is 0 Å². The Morgan fingerprint density at radius 3 is 2.05 bits per heavy atom. The molecule has 3 nitrogen and oxygen atoms in total. The van der Waals surface area contributed by atoms with Gasteiger partial charge in [0.25, 0.3) is 0 Å². The molecule has 114 valence electrons. The number of ether oxygens (including phenoxy) is 1. The van der Waals surface area contributed by atoms with E-state index in [0.29, 0.717) is 0 Å². The van der Waals surface area contributed by atoms with Crippen molar-refractivity contribution in [2.24, 2.45) is 5.41 Å². The number of methoxy groups -OCH3 is 1. The third-order valence-corrected chi connectivity index (χ3v) is 3.28. The quantitative estimate of drug-likeness (QED) is 0.861. The molecule has 0 heterocycles. The van der Waals surface area contributed by atoms with E-state index in [0.717, 1.165) is 18.8 Å². The number of benzene rings is 1. The van der Waals surface area contributed by atoms with Crippen molar-refractivity contribution in [3.05, 3.63) is 24.3 Å². The smallest absolute Gasteiger partial charge is 0.119 e. The second-order valence-electron chi connectivity index (χ2n) is 7.32. The van der Waals surface area contributed by atoms with Gasteiger partial charge in [0.15, 0.2) is 0 Å². The van der Waals surface area contributed by atoms with E-state index in [1.54, 1.807) is 7.11 Å². The van der Waals surface area contributed by atoms with Crippen LogP contribution in [0.5, 0.6) is 5.75 Å². The Bertz CT molecular complexity index is 404. The highest BCUT2D eigenvalue weighted by atomic mass is 16.5. The lowest BCUT2D eigenvalue weighted by molar-refractivity contribution is 0.295. The minimum Gasteiger partial charge on any atom is -0.497 e. The molecule has 0 saturated carbocycles. The van der Waals surface area contributed by atoms with Crippen LogP contribution in [0.1, 0.15) is 34.6 Å². The molecule has 1 aromatic carbocycles. The minimum atomic E-state index is 0.163. The predicted octanol–water partition coefficient (Wildman–Crippen LogP) is 3.55. The zero-order chi connectivity index (χ0) is 15.4. The van der Waals surface area contributed by atoms with Gasteiger partial charge in [-0.25, -0.2) is 0 Å². The molecule has 3 heteroatoms. The van der Waals surface area contributed by atoms with Gasteiger partial charge in [0, 0.05) is 31.4 Å². The number of nitrogens with zero attached hydrogens (tertiary/aromatic N) is 1. The maximum atomic E-state index is 5.20. The van der Waals surface area contributed by atoms with Crippen LogP contribution >= 0.6 is 0 Å². The first-order valence-electron chi connectivity index (χ1n) is 7.23. The van der Waals surface area contributed by atoms with Crippen molar-refractivity contribution in [3.63, 3.8) is 0 Å². The van der Waals surface area contributed by atoms with Crippen LogP contribution in [0.3, 0.4) is 0 Å². The second-order valence-corrected chi connectivity index (χ2v) is 7.32. The molecule has 0 aromatic heterocycles. The Morgan fingerprint density at radius 2 is 1.60 bits per heavy atom. The Kier molecular flexibility index (Phi) is 5.46. The van der Waals surface area contributed by atoms with Gasteiger partial charge in [-0.2, -0.15) is 0 Å². The number of rotatable bonds is 6. The Labute approximate surface area is 124 Å². The molecule has 0 aliphatic carbocycles. The number of hydrogen-bond acceptors (Lipinski definition) is 3. The summed E-state index contributed by atoms with van der Waals surface area (Å²) in [6.45, 7) is 13.2. The van der Waals surface area contributed by atoms with E-state index in [9.17, 15) is 0 Å². The summed E-state index contributed by atoms with van der Waals surface area (Å²) in [7, 11) is 3.83. The molecule has 0 saturated heterocycles. The maximum Gasteiger partial charge on any atom is 0.119 e. The average Bonchev–Trinajstić information content (AvgIpc) is 2.35. The maximum absolute atomic E-state index is 5.20. The van der Waals surface area contributed by atoms with Gasteiger partial charge in [0.1, 0.15) is 5.75 Å². The summed E-state index contributed by atoms with van der Waals surface area (Å²) in [5.74, 6) is 0.899. The predicted molar refractivity (Wildman–Crippen MR) is 87.8 cm³/mol. The average molecular weight is 278 g/mol. The van der Waals surface area contributed by atoms with Crippen molar-refractivity contribution in [2.75, 3.05) is 32.1 Å². The molecule has 0 unspecified atom stereocenters. The van der Waals surface area contributed by atoms with Crippen LogP contribution in [0, 0.1) is 5.41 Å². The third kappa shape index (κ3) is 5.83. The van der Waals surface area contributed by atoms with Crippen LogP contribution in [-0.4, -0.2) is 32.8 Å². The summed E-state index contributed by atoms with van der Waals surface area (Å²) in [4.78, 5) is 2.30. The van der Waals surface area contributed by atoms with E-state index < -0.39 is 0 Å². The summed E-state index contributed by atoms with van der Waals surface area (Å²) in [6, 6.07) is 8.22. The van der Waals surface area contributed by atoms with Gasteiger partial charge < -0.3 is 15.0 Å². The van der Waals surface area contributed by atoms with E-state index in [1.165, 1.54) is 5.69 Å². The summed E-state index contributed by atoms with van der Waals surface area (Å²) in [5, 5.41) is 3.59. The van der Waals surface area contributed by atoms with E-state index >= 15 is 0 Å². The van der Waals surface area contributed by atoms with Gasteiger partial charge >= 0.3 is 0 Å². The fourth-order valence-corrected chi connectivity index (χ4v) is 2.13. The lowest BCUT2D eigenvalue weighted by atomic mass is 9.91. The highest BCUT2D eigenvalue weighted by molar-refractivity contribution is 5.48. The summed E-state index contributed by atoms with van der Waals surface area (Å²) in [6.07, 6.45) is 0. The van der Waals surface area contributed by atoms with Gasteiger partial charge in [-0.1, -0.05) is 13.8 Å². The van der Waals surface area contributed by atoms with Crippen LogP contribution in [0.2, 0.25) is 0 Å². The van der Waals surface area contributed by atoms with E-state index in [-0.39, 0.29) is 11.0 Å². The minimum absolute atomic E-state index is 0.163. The number of hydrogen-bond donors (Lipinski definition) is 1. The van der Waals surface area contributed by atoms with Crippen LogP contribution in [0.15, 0.2) is 24.3 Å². The Morgan fingerprint density at radius 1 is 1.05 bits per heavy atom. The monoisotopic (exact) mass is 278 g/mol. The molecule has 1 N–H and O–H groups in total. The molecule has 0 aliphatic rings. The molecule has 0 aliphatic heterocycles. The molecule has 1 rings (SSSR count). The van der Waals surface area contributed by atoms with Gasteiger partial charge in [-0.3, -0.25) is 0 Å². The summed E-state index contributed by atoms with van der Waals surface area (Å²) < 4.78 is 5.20. The SMILES string of the molecule is COc1ccc(N(C)CC(C)(C)CNC(C)(C)C)cc1. The van der Waals surface area contributed by atoms with Gasteiger partial charge in [-0.05, 0) is 50.5 Å². The van der Waals surface area contributed by atoms with E-state index in [2.05, 4.69) is 64.0 Å². The molecule has 20 heavy (non-hydrogen) atoms. The summed E-state index contributed by atoms with van der Waals surface area (Å²) in [5.41, 5.74) is 1.59. The van der Waals surface area contributed by atoms with Gasteiger partial charge in [0.05, 0.1) is 7.11 Å². The molecule has 0 radical (unpaired) electrons. The number of anilines is 1. The first kappa shape index (κ1) is 16.8. The first-order valence-corrected chi connectivity index (χ1v) is 7.23. The molecule has 0 amide bonds. The molecular weight excluding hydrogens is 248 g/mol. The number of nitrogens with one attached hydrogen (secondary N) is 1. The molecule has 0 spiro atoms. The molecule has 1 aromatic rings. The van der Waals surface area contributed by atoms with Crippen molar-refractivity contribution in [3.8, 4) is 5.75 Å². The van der Waals surface area contributed by atoms with Crippen molar-refractivity contribution >= 4 is 5.69 Å². The fraction of sp³-hybridized carbons (Fsp3) is 0.647. The second kappa shape index (κ2) is 6.49. The van der Waals surface area contributed by atoms with Crippen molar-refractivity contribution < 1.29 is 4.74 Å². The lowest BCUT2D eigenvalue weighted by Crippen LogP contribution is -2.45. The highest BCUT2D eigenvalue weighted by Gasteiger charge is 2.22. The van der Waals surface area contributed by atoms with Crippen molar-refractivity contribution in [1.82, 2.24) is 5.32 Å².